The molecule has 2 aliphatic rings. The predicted octanol–water partition coefficient (Wildman–Crippen LogP) is 4.84. The van der Waals surface area contributed by atoms with Crippen molar-refractivity contribution in [2.75, 3.05) is 14.2 Å². The van der Waals surface area contributed by atoms with Gasteiger partial charge in [-0.1, -0.05) is 42.5 Å². The highest BCUT2D eigenvalue weighted by Crippen LogP contribution is 2.46. The van der Waals surface area contributed by atoms with Crippen LogP contribution < -0.4 is 9.47 Å². The molecule has 0 spiro atoms. The Balaban J connectivity index is 1.88. The number of para-hydroxylation sites is 1. The summed E-state index contributed by atoms with van der Waals surface area (Å²) in [5.41, 5.74) is 6.32. The van der Waals surface area contributed by atoms with Gasteiger partial charge in [-0.25, -0.2) is 4.99 Å². The third-order valence-corrected chi connectivity index (χ3v) is 5.21. The molecular formula is C24H17NO3. The van der Waals surface area contributed by atoms with Gasteiger partial charge in [0, 0.05) is 16.7 Å². The minimum atomic E-state index is -0.00594. The number of carbonyl (C=O) groups excluding carboxylic acids is 1. The number of Topliss-reactive ketones (excluding diaryl/α,β-unsaturated/α-hetero) is 1. The third kappa shape index (κ3) is 2.24. The molecule has 0 aromatic heterocycles. The lowest BCUT2D eigenvalue weighted by molar-refractivity contribution is 0.104. The second-order valence-corrected chi connectivity index (χ2v) is 6.68. The van der Waals surface area contributed by atoms with Gasteiger partial charge in [-0.05, 0) is 35.4 Å². The molecule has 0 radical (unpaired) electrons. The summed E-state index contributed by atoms with van der Waals surface area (Å²) in [5, 5.41) is 0. The number of carbonyl (C=O) groups is 1. The molecule has 3 aromatic rings. The number of allylic oxidation sites excluding steroid dienone is 1. The molecule has 4 nitrogen and oxygen atoms in total. The van der Waals surface area contributed by atoms with Crippen LogP contribution in [0.1, 0.15) is 27.0 Å². The van der Waals surface area contributed by atoms with Gasteiger partial charge in [0.25, 0.3) is 0 Å². The number of rotatable bonds is 3. The summed E-state index contributed by atoms with van der Waals surface area (Å²) in [6.07, 6.45) is 0. The van der Waals surface area contributed by atoms with E-state index in [2.05, 4.69) is 0 Å². The van der Waals surface area contributed by atoms with E-state index in [0.717, 1.165) is 22.3 Å². The van der Waals surface area contributed by atoms with E-state index in [1.807, 2.05) is 66.7 Å². The fraction of sp³-hybridized carbons (Fsp3) is 0.0833. The first kappa shape index (κ1) is 16.5. The Morgan fingerprint density at radius 2 is 1.36 bits per heavy atom. The fourth-order valence-corrected chi connectivity index (χ4v) is 3.93. The van der Waals surface area contributed by atoms with Crippen molar-refractivity contribution in [3.8, 4) is 11.5 Å². The summed E-state index contributed by atoms with van der Waals surface area (Å²) in [6, 6.07) is 21.2. The van der Waals surface area contributed by atoms with E-state index in [1.165, 1.54) is 0 Å². The van der Waals surface area contributed by atoms with Gasteiger partial charge < -0.3 is 9.47 Å². The minimum Gasteiger partial charge on any atom is -0.493 e. The zero-order chi connectivity index (χ0) is 19.3. The molecule has 28 heavy (non-hydrogen) atoms. The van der Waals surface area contributed by atoms with Crippen molar-refractivity contribution >= 4 is 22.8 Å². The van der Waals surface area contributed by atoms with Crippen LogP contribution in [0.25, 0.3) is 5.57 Å². The van der Waals surface area contributed by atoms with Crippen LogP contribution in [0.5, 0.6) is 11.5 Å². The lowest BCUT2D eigenvalue weighted by atomic mass is 9.91. The highest BCUT2D eigenvalue weighted by molar-refractivity contribution is 6.44. The van der Waals surface area contributed by atoms with E-state index in [-0.39, 0.29) is 5.78 Å². The quantitative estimate of drug-likeness (QED) is 0.666. The van der Waals surface area contributed by atoms with Crippen LogP contribution in [-0.2, 0) is 0 Å². The number of ether oxygens (including phenoxy) is 2. The smallest absolute Gasteiger partial charge is 0.198 e. The molecule has 0 amide bonds. The Bertz CT molecular complexity index is 1190. The molecule has 0 bridgehead atoms. The van der Waals surface area contributed by atoms with Crippen LogP contribution in [0.3, 0.4) is 0 Å². The van der Waals surface area contributed by atoms with Crippen molar-refractivity contribution in [1.82, 2.24) is 0 Å². The molecule has 3 aromatic carbocycles. The topological polar surface area (TPSA) is 47.9 Å². The second-order valence-electron chi connectivity index (χ2n) is 6.68. The van der Waals surface area contributed by atoms with Gasteiger partial charge in [0.1, 0.15) is 0 Å². The molecule has 4 heteroatoms. The Morgan fingerprint density at radius 3 is 2.07 bits per heavy atom. The highest BCUT2D eigenvalue weighted by Gasteiger charge is 2.37. The number of ketones is 1. The van der Waals surface area contributed by atoms with Crippen LogP contribution in [0.2, 0.25) is 0 Å². The van der Waals surface area contributed by atoms with E-state index < -0.39 is 0 Å². The average Bonchev–Trinajstić information content (AvgIpc) is 3.07. The maximum atomic E-state index is 13.5. The Hall–Kier alpha value is -3.66. The highest BCUT2D eigenvalue weighted by atomic mass is 16.5. The molecular weight excluding hydrogens is 350 g/mol. The predicted molar refractivity (Wildman–Crippen MR) is 109 cm³/mol. The number of methoxy groups -OCH3 is 2. The molecule has 5 rings (SSSR count). The number of benzene rings is 3. The Morgan fingerprint density at radius 1 is 0.714 bits per heavy atom. The molecule has 136 valence electrons. The van der Waals surface area contributed by atoms with E-state index in [9.17, 15) is 4.79 Å². The Kier molecular flexibility index (Phi) is 3.66. The first-order chi connectivity index (χ1) is 13.7. The van der Waals surface area contributed by atoms with Gasteiger partial charge in [0.05, 0.1) is 31.2 Å². The molecule has 0 N–H and O–H groups in total. The summed E-state index contributed by atoms with van der Waals surface area (Å²) < 4.78 is 11.0. The normalized spacial score (nSPS) is 14.2. The van der Waals surface area contributed by atoms with Crippen molar-refractivity contribution in [3.63, 3.8) is 0 Å². The van der Waals surface area contributed by atoms with Crippen LogP contribution in [0.15, 0.2) is 77.3 Å². The number of fused-ring (bicyclic) bond motifs is 4. The lowest BCUT2D eigenvalue weighted by Gasteiger charge is -2.15. The fourth-order valence-electron chi connectivity index (χ4n) is 3.93. The van der Waals surface area contributed by atoms with Crippen molar-refractivity contribution in [2.45, 2.75) is 0 Å². The Labute approximate surface area is 162 Å². The van der Waals surface area contributed by atoms with Gasteiger partial charge in [-0.3, -0.25) is 4.79 Å². The lowest BCUT2D eigenvalue weighted by Crippen LogP contribution is -2.16. The molecule has 0 saturated heterocycles. The molecule has 1 aliphatic carbocycles. The third-order valence-electron chi connectivity index (χ3n) is 5.21. The van der Waals surface area contributed by atoms with Crippen LogP contribution >= 0.6 is 0 Å². The number of aliphatic imine (C=N–C) groups is 1. The molecule has 0 saturated carbocycles. The molecule has 1 heterocycles. The average molecular weight is 367 g/mol. The summed E-state index contributed by atoms with van der Waals surface area (Å²) in [5.74, 6) is 1.23. The minimum absolute atomic E-state index is 0.00594. The van der Waals surface area contributed by atoms with Gasteiger partial charge in [-0.2, -0.15) is 0 Å². The monoisotopic (exact) mass is 367 g/mol. The van der Waals surface area contributed by atoms with Crippen molar-refractivity contribution in [3.05, 3.63) is 94.6 Å². The van der Waals surface area contributed by atoms with Crippen molar-refractivity contribution in [2.24, 2.45) is 4.99 Å². The first-order valence-electron chi connectivity index (χ1n) is 9.02. The van der Waals surface area contributed by atoms with Crippen molar-refractivity contribution < 1.29 is 14.3 Å². The van der Waals surface area contributed by atoms with Crippen LogP contribution in [0.4, 0.5) is 5.69 Å². The van der Waals surface area contributed by atoms with E-state index in [1.54, 1.807) is 14.2 Å². The summed E-state index contributed by atoms with van der Waals surface area (Å²) in [7, 11) is 3.22. The molecule has 1 aliphatic heterocycles. The number of hydrogen-bond acceptors (Lipinski definition) is 4. The summed E-state index contributed by atoms with van der Waals surface area (Å²) in [6.45, 7) is 0. The standard InChI is InChI=1S/C24H17NO3/c1-27-19-12-16-17(13-20(19)28-2)23-22(21(16)14-8-4-3-5-9-14)24(26)15-10-6-7-11-18(15)25-23/h3-13H,1-2H3. The number of nitrogens with zero attached hydrogens (tertiary/aromatic N) is 1. The van der Waals surface area contributed by atoms with Gasteiger partial charge >= 0.3 is 0 Å². The van der Waals surface area contributed by atoms with Crippen LogP contribution in [0, 0.1) is 0 Å². The number of hydrogen-bond donors (Lipinski definition) is 0. The maximum absolute atomic E-state index is 13.5. The summed E-state index contributed by atoms with van der Waals surface area (Å²) in [4.78, 5) is 18.3. The van der Waals surface area contributed by atoms with Gasteiger partial charge in [0.15, 0.2) is 17.3 Å². The zero-order valence-corrected chi connectivity index (χ0v) is 15.5. The van der Waals surface area contributed by atoms with Gasteiger partial charge in [0.2, 0.25) is 0 Å². The maximum Gasteiger partial charge on any atom is 0.198 e. The van der Waals surface area contributed by atoms with Crippen LogP contribution in [-0.4, -0.2) is 25.7 Å². The molecule has 0 fully saturated rings. The van der Waals surface area contributed by atoms with Crippen molar-refractivity contribution in [1.29, 1.82) is 0 Å². The van der Waals surface area contributed by atoms with Gasteiger partial charge in [-0.15, -0.1) is 0 Å². The largest absolute Gasteiger partial charge is 0.493 e. The van der Waals surface area contributed by atoms with E-state index >= 15 is 0 Å². The molecule has 0 unspecified atom stereocenters. The first-order valence-corrected chi connectivity index (χ1v) is 9.02. The summed E-state index contributed by atoms with van der Waals surface area (Å²) >= 11 is 0. The SMILES string of the molecule is COc1cc2c(cc1OC)C(c1ccccc1)=C1C(=O)c3ccccc3N=C12. The zero-order valence-electron chi connectivity index (χ0n) is 15.5. The second kappa shape index (κ2) is 6.20. The van der Waals surface area contributed by atoms with E-state index in [4.69, 9.17) is 14.5 Å². The van der Waals surface area contributed by atoms with E-state index in [0.29, 0.717) is 34.0 Å². The molecule has 0 atom stereocenters.